The molecule has 0 bridgehead atoms. The van der Waals surface area contributed by atoms with Crippen LogP contribution in [0, 0.1) is 25.9 Å². The smallest absolute Gasteiger partial charge is 0.0280 e. The first-order valence-corrected chi connectivity index (χ1v) is 10.3. The Kier molecular flexibility index (Phi) is 7.36. The maximum atomic E-state index is 7.23. The predicted octanol–water partition coefficient (Wildman–Crippen LogP) is 7.38. The number of hydrogen-bond acceptors (Lipinski definition) is 2. The SMILES string of the molecule is Cc1cc(-c2[c-]cccc2)ncc1-c1ccccc1.[2H]C([2H])([2H])c1ccc(-c2[c-]cccc2)nc1.[Ir]. The van der Waals surface area contributed by atoms with Gasteiger partial charge in [0, 0.05) is 42.2 Å². The topological polar surface area (TPSA) is 25.8 Å². The van der Waals surface area contributed by atoms with Crippen LogP contribution >= 0.6 is 0 Å². The summed E-state index contributed by atoms with van der Waals surface area (Å²) in [5, 5.41) is 0. The second-order valence-electron chi connectivity index (χ2n) is 7.24. The van der Waals surface area contributed by atoms with Gasteiger partial charge in [-0.1, -0.05) is 48.5 Å². The van der Waals surface area contributed by atoms with Crippen LogP contribution in [-0.2, 0) is 20.1 Å². The molecule has 2 nitrogen and oxygen atoms in total. The summed E-state index contributed by atoms with van der Waals surface area (Å²) in [5.74, 6) is 0. The molecule has 2 aromatic heterocycles. The molecular formula is C30H24IrN2-2. The van der Waals surface area contributed by atoms with Crippen molar-refractivity contribution in [3.8, 4) is 33.6 Å². The van der Waals surface area contributed by atoms with Crippen LogP contribution in [0.5, 0.6) is 0 Å². The fourth-order valence-corrected chi connectivity index (χ4v) is 3.28. The summed E-state index contributed by atoms with van der Waals surface area (Å²) in [7, 11) is 0. The second kappa shape index (κ2) is 12.0. The molecule has 2 heterocycles. The molecule has 5 rings (SSSR count). The molecule has 0 fully saturated rings. The Morgan fingerprint density at radius 3 is 1.88 bits per heavy atom. The normalized spacial score (nSPS) is 11.6. The number of benzene rings is 3. The van der Waals surface area contributed by atoms with Crippen LogP contribution in [0.3, 0.4) is 0 Å². The molecule has 0 saturated carbocycles. The van der Waals surface area contributed by atoms with Gasteiger partial charge in [0.2, 0.25) is 0 Å². The molecule has 0 amide bonds. The quantitative estimate of drug-likeness (QED) is 0.200. The van der Waals surface area contributed by atoms with Crippen LogP contribution in [0.1, 0.15) is 15.2 Å². The molecule has 165 valence electrons. The van der Waals surface area contributed by atoms with E-state index in [4.69, 9.17) is 4.11 Å². The van der Waals surface area contributed by atoms with Gasteiger partial charge in [0.15, 0.2) is 0 Å². The molecule has 5 aromatic rings. The van der Waals surface area contributed by atoms with E-state index in [0.717, 1.165) is 22.5 Å². The van der Waals surface area contributed by atoms with Gasteiger partial charge in [0.05, 0.1) is 0 Å². The van der Waals surface area contributed by atoms with Gasteiger partial charge < -0.3 is 9.97 Å². The van der Waals surface area contributed by atoms with E-state index in [9.17, 15) is 0 Å². The van der Waals surface area contributed by atoms with E-state index in [1.165, 1.54) is 22.9 Å². The Bertz CT molecular complexity index is 1360. The van der Waals surface area contributed by atoms with E-state index in [1.54, 1.807) is 18.2 Å². The average Bonchev–Trinajstić information content (AvgIpc) is 2.90. The van der Waals surface area contributed by atoms with E-state index in [1.807, 2.05) is 66.9 Å². The van der Waals surface area contributed by atoms with Crippen molar-refractivity contribution in [3.63, 3.8) is 0 Å². The van der Waals surface area contributed by atoms with Gasteiger partial charge in [-0.15, -0.1) is 71.8 Å². The van der Waals surface area contributed by atoms with Crippen molar-refractivity contribution in [2.45, 2.75) is 13.8 Å². The Morgan fingerprint density at radius 2 is 1.33 bits per heavy atom. The number of aryl methyl sites for hydroxylation is 2. The summed E-state index contributed by atoms with van der Waals surface area (Å²) in [6.07, 6.45) is 3.34. The maximum Gasteiger partial charge on any atom is 0.0280 e. The van der Waals surface area contributed by atoms with Crippen LogP contribution < -0.4 is 0 Å². The van der Waals surface area contributed by atoms with E-state index >= 15 is 0 Å². The van der Waals surface area contributed by atoms with E-state index in [2.05, 4.69) is 47.2 Å². The third-order valence-electron chi connectivity index (χ3n) is 4.93. The van der Waals surface area contributed by atoms with Crippen LogP contribution in [-0.4, -0.2) is 9.97 Å². The van der Waals surface area contributed by atoms with Crippen LogP contribution in [0.25, 0.3) is 33.6 Å². The average molecular weight is 608 g/mol. The minimum absolute atomic E-state index is 0. The minimum Gasteiger partial charge on any atom is -0.304 e. The first-order chi connectivity index (χ1) is 16.9. The molecule has 3 aromatic carbocycles. The van der Waals surface area contributed by atoms with E-state index < -0.39 is 6.85 Å². The number of nitrogens with zero attached hydrogens (tertiary/aromatic N) is 2. The number of rotatable bonds is 3. The zero-order valence-electron chi connectivity index (χ0n) is 21.1. The molecule has 0 N–H and O–H groups in total. The van der Waals surface area contributed by atoms with Crippen LogP contribution in [0.15, 0.2) is 109 Å². The Morgan fingerprint density at radius 1 is 0.697 bits per heavy atom. The molecule has 0 saturated heterocycles. The van der Waals surface area contributed by atoms with Gasteiger partial charge in [0.25, 0.3) is 0 Å². The molecule has 3 heteroatoms. The van der Waals surface area contributed by atoms with Crippen molar-refractivity contribution in [1.29, 1.82) is 0 Å². The Labute approximate surface area is 214 Å². The van der Waals surface area contributed by atoms with E-state index in [0.29, 0.717) is 0 Å². The summed E-state index contributed by atoms with van der Waals surface area (Å²) in [6, 6.07) is 37.4. The molecular weight excluding hydrogens is 581 g/mol. The minimum atomic E-state index is -2.09. The van der Waals surface area contributed by atoms with Gasteiger partial charge in [-0.05, 0) is 41.9 Å². The summed E-state index contributed by atoms with van der Waals surface area (Å²) < 4.78 is 21.7. The zero-order chi connectivity index (χ0) is 24.7. The van der Waals surface area contributed by atoms with Crippen LogP contribution in [0.2, 0.25) is 0 Å². The van der Waals surface area contributed by atoms with Gasteiger partial charge in [-0.25, -0.2) is 0 Å². The van der Waals surface area contributed by atoms with Gasteiger partial charge in [-0.3, -0.25) is 0 Å². The Balaban J connectivity index is 0.000000198. The van der Waals surface area contributed by atoms with Crippen molar-refractivity contribution in [1.82, 2.24) is 9.97 Å². The van der Waals surface area contributed by atoms with E-state index in [-0.39, 0.29) is 25.7 Å². The van der Waals surface area contributed by atoms with Gasteiger partial charge in [0.1, 0.15) is 0 Å². The fraction of sp³-hybridized carbons (Fsp3) is 0.0667. The molecule has 0 aliphatic heterocycles. The van der Waals surface area contributed by atoms with Crippen LogP contribution in [0.4, 0.5) is 0 Å². The van der Waals surface area contributed by atoms with Crippen molar-refractivity contribution < 1.29 is 24.2 Å². The summed E-state index contributed by atoms with van der Waals surface area (Å²) in [5.41, 5.74) is 7.47. The fourth-order valence-electron chi connectivity index (χ4n) is 3.28. The molecule has 0 spiro atoms. The van der Waals surface area contributed by atoms with Crippen molar-refractivity contribution in [2.24, 2.45) is 0 Å². The number of aromatic nitrogens is 2. The molecule has 1 radical (unpaired) electrons. The van der Waals surface area contributed by atoms with Gasteiger partial charge in [-0.2, -0.15) is 0 Å². The summed E-state index contributed by atoms with van der Waals surface area (Å²) in [4.78, 5) is 8.68. The van der Waals surface area contributed by atoms with Crippen molar-refractivity contribution >= 4 is 0 Å². The number of pyridine rings is 2. The van der Waals surface area contributed by atoms with Crippen molar-refractivity contribution in [2.75, 3.05) is 0 Å². The largest absolute Gasteiger partial charge is 0.304 e. The summed E-state index contributed by atoms with van der Waals surface area (Å²) >= 11 is 0. The van der Waals surface area contributed by atoms with Gasteiger partial charge >= 0.3 is 0 Å². The molecule has 0 unspecified atom stereocenters. The number of hydrogen-bond donors (Lipinski definition) is 0. The summed E-state index contributed by atoms with van der Waals surface area (Å²) in [6.45, 7) is 0.0301. The first-order valence-electron chi connectivity index (χ1n) is 11.8. The zero-order valence-corrected chi connectivity index (χ0v) is 20.5. The monoisotopic (exact) mass is 608 g/mol. The molecule has 0 aliphatic rings. The Hall–Kier alpha value is -3.39. The second-order valence-corrected chi connectivity index (χ2v) is 7.24. The molecule has 0 aliphatic carbocycles. The third-order valence-corrected chi connectivity index (χ3v) is 4.93. The first kappa shape index (κ1) is 20.2. The standard InChI is InChI=1S/C18H14N.C12H10N.Ir/c1-14-12-18(16-10-6-3-7-11-16)19-13-17(14)15-8-4-2-5-9-15;1-10-7-8-12(13-9-10)11-5-3-2-4-6-11;/h2-10,12-13H,1H3;2-5,7-9H,1H3;/q2*-1;/i;1D3;. The van der Waals surface area contributed by atoms with Crippen molar-refractivity contribution in [3.05, 3.63) is 133 Å². The predicted molar refractivity (Wildman–Crippen MR) is 132 cm³/mol. The molecule has 0 atom stereocenters. The molecule has 33 heavy (non-hydrogen) atoms. The third kappa shape index (κ3) is 6.55. The maximum absolute atomic E-state index is 7.23.